The number of rotatable bonds is 4. The minimum atomic E-state index is 0.199. The fraction of sp³-hybridized carbons (Fsp3) is 0.917. The molecule has 0 unspecified atom stereocenters. The van der Waals surface area contributed by atoms with Crippen molar-refractivity contribution in [1.29, 1.82) is 0 Å². The van der Waals surface area contributed by atoms with E-state index in [1.165, 1.54) is 24.3 Å². The molecule has 2 aliphatic heterocycles. The Morgan fingerprint density at radius 1 is 1.29 bits per heavy atom. The average molecular weight is 257 g/mol. The SMILES string of the molecule is O=C(CN1CCNCC1)NCC1CCSCC1. The molecule has 0 radical (unpaired) electrons. The molecule has 2 fully saturated rings. The first-order chi connectivity index (χ1) is 8.34. The number of carbonyl (C=O) groups is 1. The smallest absolute Gasteiger partial charge is 0.234 e. The minimum absolute atomic E-state index is 0.199. The normalized spacial score (nSPS) is 23.5. The summed E-state index contributed by atoms with van der Waals surface area (Å²) in [7, 11) is 0. The van der Waals surface area contributed by atoms with Crippen molar-refractivity contribution in [1.82, 2.24) is 15.5 Å². The molecule has 0 saturated carbocycles. The summed E-state index contributed by atoms with van der Waals surface area (Å²) < 4.78 is 0. The molecule has 5 heteroatoms. The summed E-state index contributed by atoms with van der Waals surface area (Å²) in [5.74, 6) is 3.43. The molecule has 0 spiro atoms. The second-order valence-corrected chi connectivity index (χ2v) is 6.11. The summed E-state index contributed by atoms with van der Waals surface area (Å²) in [6.45, 7) is 5.45. The van der Waals surface area contributed by atoms with Crippen LogP contribution in [0.1, 0.15) is 12.8 Å². The molecule has 2 heterocycles. The lowest BCUT2D eigenvalue weighted by Gasteiger charge is -2.27. The zero-order valence-corrected chi connectivity index (χ0v) is 11.2. The lowest BCUT2D eigenvalue weighted by molar-refractivity contribution is -0.122. The Bertz CT molecular complexity index is 238. The van der Waals surface area contributed by atoms with Gasteiger partial charge in [0, 0.05) is 32.7 Å². The van der Waals surface area contributed by atoms with Crippen LogP contribution in [0.4, 0.5) is 0 Å². The second-order valence-electron chi connectivity index (χ2n) is 4.89. The average Bonchev–Trinajstić information content (AvgIpc) is 2.39. The van der Waals surface area contributed by atoms with Crippen molar-refractivity contribution < 1.29 is 4.79 Å². The third-order valence-electron chi connectivity index (χ3n) is 3.51. The molecule has 2 saturated heterocycles. The summed E-state index contributed by atoms with van der Waals surface area (Å²) in [5.41, 5.74) is 0. The molecule has 4 nitrogen and oxygen atoms in total. The fourth-order valence-corrected chi connectivity index (χ4v) is 3.54. The molecule has 0 aromatic rings. The van der Waals surface area contributed by atoms with E-state index in [2.05, 4.69) is 15.5 Å². The molecule has 98 valence electrons. The highest BCUT2D eigenvalue weighted by molar-refractivity contribution is 7.99. The molecule has 2 rings (SSSR count). The van der Waals surface area contributed by atoms with Crippen LogP contribution in [0, 0.1) is 5.92 Å². The van der Waals surface area contributed by atoms with Gasteiger partial charge in [-0.15, -0.1) is 0 Å². The third-order valence-corrected chi connectivity index (χ3v) is 4.55. The zero-order chi connectivity index (χ0) is 11.9. The molecule has 2 aliphatic rings. The Labute approximate surface area is 108 Å². The van der Waals surface area contributed by atoms with Gasteiger partial charge in [-0.1, -0.05) is 0 Å². The molecule has 2 N–H and O–H groups in total. The number of hydrogen-bond donors (Lipinski definition) is 2. The van der Waals surface area contributed by atoms with E-state index in [0.29, 0.717) is 12.5 Å². The van der Waals surface area contributed by atoms with Crippen LogP contribution >= 0.6 is 11.8 Å². The molecule has 0 bridgehead atoms. The van der Waals surface area contributed by atoms with Crippen molar-refractivity contribution in [3.05, 3.63) is 0 Å². The van der Waals surface area contributed by atoms with E-state index >= 15 is 0 Å². The first-order valence-electron chi connectivity index (χ1n) is 6.62. The molecular weight excluding hydrogens is 234 g/mol. The Morgan fingerprint density at radius 2 is 2.00 bits per heavy atom. The third kappa shape index (κ3) is 4.85. The van der Waals surface area contributed by atoms with E-state index < -0.39 is 0 Å². The van der Waals surface area contributed by atoms with Crippen LogP contribution < -0.4 is 10.6 Å². The van der Waals surface area contributed by atoms with Crippen molar-refractivity contribution in [3.8, 4) is 0 Å². The van der Waals surface area contributed by atoms with Gasteiger partial charge in [0.2, 0.25) is 5.91 Å². The summed E-state index contributed by atoms with van der Waals surface area (Å²) >= 11 is 2.03. The highest BCUT2D eigenvalue weighted by Gasteiger charge is 2.16. The minimum Gasteiger partial charge on any atom is -0.355 e. The number of carbonyl (C=O) groups excluding carboxylic acids is 1. The van der Waals surface area contributed by atoms with Crippen LogP contribution in [0.5, 0.6) is 0 Å². The number of thioether (sulfide) groups is 1. The monoisotopic (exact) mass is 257 g/mol. The molecule has 0 aliphatic carbocycles. The van der Waals surface area contributed by atoms with Crippen LogP contribution in [0.3, 0.4) is 0 Å². The van der Waals surface area contributed by atoms with Crippen molar-refractivity contribution in [2.75, 3.05) is 50.8 Å². The van der Waals surface area contributed by atoms with E-state index in [4.69, 9.17) is 0 Å². The number of hydrogen-bond acceptors (Lipinski definition) is 4. The largest absolute Gasteiger partial charge is 0.355 e. The van der Waals surface area contributed by atoms with Crippen molar-refractivity contribution in [2.24, 2.45) is 5.92 Å². The highest BCUT2D eigenvalue weighted by Crippen LogP contribution is 2.21. The van der Waals surface area contributed by atoms with Gasteiger partial charge in [-0.2, -0.15) is 11.8 Å². The Balaban J connectivity index is 1.59. The van der Waals surface area contributed by atoms with Crippen LogP contribution in [0.15, 0.2) is 0 Å². The van der Waals surface area contributed by atoms with Crippen molar-refractivity contribution in [2.45, 2.75) is 12.8 Å². The maximum absolute atomic E-state index is 11.8. The van der Waals surface area contributed by atoms with E-state index in [9.17, 15) is 4.79 Å². The molecular formula is C12H23N3OS. The van der Waals surface area contributed by atoms with Gasteiger partial charge in [-0.3, -0.25) is 9.69 Å². The van der Waals surface area contributed by atoms with Gasteiger partial charge in [0.05, 0.1) is 6.54 Å². The van der Waals surface area contributed by atoms with Gasteiger partial charge >= 0.3 is 0 Å². The van der Waals surface area contributed by atoms with E-state index in [0.717, 1.165) is 32.7 Å². The van der Waals surface area contributed by atoms with E-state index in [1.54, 1.807) is 0 Å². The topological polar surface area (TPSA) is 44.4 Å². The summed E-state index contributed by atoms with van der Waals surface area (Å²) in [5, 5.41) is 6.39. The lowest BCUT2D eigenvalue weighted by atomic mass is 10.0. The van der Waals surface area contributed by atoms with Crippen LogP contribution in [0.2, 0.25) is 0 Å². The number of amides is 1. The van der Waals surface area contributed by atoms with Crippen molar-refractivity contribution >= 4 is 17.7 Å². The molecule has 0 aromatic carbocycles. The highest BCUT2D eigenvalue weighted by atomic mass is 32.2. The molecule has 1 amide bonds. The van der Waals surface area contributed by atoms with E-state index in [-0.39, 0.29) is 5.91 Å². The van der Waals surface area contributed by atoms with Crippen LogP contribution in [-0.2, 0) is 4.79 Å². The summed E-state index contributed by atoms with van der Waals surface area (Å²) in [6, 6.07) is 0. The van der Waals surface area contributed by atoms with Gasteiger partial charge < -0.3 is 10.6 Å². The Morgan fingerprint density at radius 3 is 2.71 bits per heavy atom. The van der Waals surface area contributed by atoms with E-state index in [1.807, 2.05) is 11.8 Å². The Kier molecular flexibility index (Phi) is 5.61. The predicted octanol–water partition coefficient (Wildman–Crippen LogP) is 0.151. The number of nitrogens with one attached hydrogen (secondary N) is 2. The van der Waals surface area contributed by atoms with Gasteiger partial charge in [0.25, 0.3) is 0 Å². The first kappa shape index (κ1) is 13.2. The number of nitrogens with zero attached hydrogens (tertiary/aromatic N) is 1. The lowest BCUT2D eigenvalue weighted by Crippen LogP contribution is -2.48. The van der Waals surface area contributed by atoms with Gasteiger partial charge in [-0.25, -0.2) is 0 Å². The fourth-order valence-electron chi connectivity index (χ4n) is 2.34. The second kappa shape index (κ2) is 7.24. The predicted molar refractivity (Wildman–Crippen MR) is 72.4 cm³/mol. The van der Waals surface area contributed by atoms with Gasteiger partial charge in [0.15, 0.2) is 0 Å². The summed E-state index contributed by atoms with van der Waals surface area (Å²) in [4.78, 5) is 14.0. The Hall–Kier alpha value is -0.260. The standard InChI is InChI=1S/C12H23N3OS/c16-12(10-15-5-3-13-4-6-15)14-9-11-1-7-17-8-2-11/h11,13H,1-10H2,(H,14,16). The quantitative estimate of drug-likeness (QED) is 0.752. The zero-order valence-electron chi connectivity index (χ0n) is 10.4. The molecule has 17 heavy (non-hydrogen) atoms. The first-order valence-corrected chi connectivity index (χ1v) is 7.77. The molecule has 0 aromatic heterocycles. The van der Waals surface area contributed by atoms with Crippen LogP contribution in [-0.4, -0.2) is 61.6 Å². The maximum atomic E-state index is 11.8. The van der Waals surface area contributed by atoms with Gasteiger partial charge in [0.1, 0.15) is 0 Å². The molecule has 0 atom stereocenters. The maximum Gasteiger partial charge on any atom is 0.234 e. The summed E-state index contributed by atoms with van der Waals surface area (Å²) in [6.07, 6.45) is 2.52. The van der Waals surface area contributed by atoms with Crippen molar-refractivity contribution in [3.63, 3.8) is 0 Å². The van der Waals surface area contributed by atoms with Gasteiger partial charge in [-0.05, 0) is 30.3 Å². The van der Waals surface area contributed by atoms with Crippen LogP contribution in [0.25, 0.3) is 0 Å². The number of piperazine rings is 1.